The molecule has 0 spiro atoms. The van der Waals surface area contributed by atoms with Crippen LogP contribution in [0.4, 0.5) is 0 Å². The average Bonchev–Trinajstić information content (AvgIpc) is 2.67. The summed E-state index contributed by atoms with van der Waals surface area (Å²) in [5.41, 5.74) is 0. The molecule has 13 heavy (non-hydrogen) atoms. The van der Waals surface area contributed by atoms with Gasteiger partial charge in [0.1, 0.15) is 31.2 Å². The maximum atomic E-state index is 9.41. The highest BCUT2D eigenvalue weighted by Gasteiger charge is 2.47. The maximum absolute atomic E-state index is 9.41. The highest BCUT2D eigenvalue weighted by Crippen LogP contribution is 2.28. The standard InChI is InChI=1S/C8H14O5/c1-10-4-13-6-3-12-7-5(9)2-11-8(6)7/h5-9H,2-4H2,1H3/t5-,6-,7?,8?/m0/s1. The molecule has 1 N–H and O–H groups in total. The summed E-state index contributed by atoms with van der Waals surface area (Å²) in [5.74, 6) is 0. The first kappa shape index (κ1) is 9.36. The van der Waals surface area contributed by atoms with E-state index in [2.05, 4.69) is 0 Å². The molecular formula is C8H14O5. The van der Waals surface area contributed by atoms with Crippen LogP contribution in [0.2, 0.25) is 0 Å². The molecule has 5 nitrogen and oxygen atoms in total. The van der Waals surface area contributed by atoms with Crippen LogP contribution in [-0.2, 0) is 18.9 Å². The van der Waals surface area contributed by atoms with E-state index in [1.165, 1.54) is 0 Å². The van der Waals surface area contributed by atoms with Crippen LogP contribution in [0.25, 0.3) is 0 Å². The minimum absolute atomic E-state index is 0.109. The maximum Gasteiger partial charge on any atom is 0.146 e. The zero-order valence-corrected chi connectivity index (χ0v) is 7.51. The van der Waals surface area contributed by atoms with Gasteiger partial charge in [-0.3, -0.25) is 0 Å². The van der Waals surface area contributed by atoms with E-state index in [0.29, 0.717) is 13.2 Å². The normalized spacial score (nSPS) is 43.8. The SMILES string of the molecule is COCO[C@H]1COC2C1OC[C@@H]2O. The van der Waals surface area contributed by atoms with Crippen molar-refractivity contribution in [3.8, 4) is 0 Å². The number of aliphatic hydroxyl groups is 1. The quantitative estimate of drug-likeness (QED) is 0.586. The Labute approximate surface area is 76.5 Å². The van der Waals surface area contributed by atoms with Crippen molar-refractivity contribution >= 4 is 0 Å². The third kappa shape index (κ3) is 1.70. The molecule has 0 bridgehead atoms. The zero-order chi connectivity index (χ0) is 9.26. The zero-order valence-electron chi connectivity index (χ0n) is 7.51. The fraction of sp³-hybridized carbons (Fsp3) is 1.00. The first-order chi connectivity index (χ1) is 6.33. The number of hydrogen-bond donors (Lipinski definition) is 1. The van der Waals surface area contributed by atoms with E-state index in [0.717, 1.165) is 0 Å². The molecule has 0 saturated carbocycles. The lowest BCUT2D eigenvalue weighted by atomic mass is 10.1. The summed E-state index contributed by atoms with van der Waals surface area (Å²) in [5, 5.41) is 9.41. The Hall–Kier alpha value is -0.200. The predicted molar refractivity (Wildman–Crippen MR) is 42.2 cm³/mol. The summed E-state index contributed by atoms with van der Waals surface area (Å²) in [6.07, 6.45) is -0.977. The van der Waals surface area contributed by atoms with Crippen molar-refractivity contribution in [2.45, 2.75) is 24.4 Å². The minimum Gasteiger partial charge on any atom is -0.388 e. The molecule has 2 fully saturated rings. The van der Waals surface area contributed by atoms with Crippen molar-refractivity contribution in [1.82, 2.24) is 0 Å². The van der Waals surface area contributed by atoms with Crippen molar-refractivity contribution in [3.05, 3.63) is 0 Å². The van der Waals surface area contributed by atoms with Crippen molar-refractivity contribution < 1.29 is 24.1 Å². The van der Waals surface area contributed by atoms with Crippen molar-refractivity contribution in [3.63, 3.8) is 0 Å². The first-order valence-electron chi connectivity index (χ1n) is 4.34. The van der Waals surface area contributed by atoms with Crippen LogP contribution in [0.5, 0.6) is 0 Å². The summed E-state index contributed by atoms with van der Waals surface area (Å²) >= 11 is 0. The molecule has 2 aliphatic rings. The molecule has 5 heteroatoms. The largest absolute Gasteiger partial charge is 0.388 e. The molecule has 76 valence electrons. The highest BCUT2D eigenvalue weighted by atomic mass is 16.7. The molecule has 4 atom stereocenters. The second kappa shape index (κ2) is 3.89. The molecule has 2 rings (SSSR count). The number of ether oxygens (including phenoxy) is 4. The van der Waals surface area contributed by atoms with Crippen LogP contribution in [0.3, 0.4) is 0 Å². The molecule has 2 heterocycles. The van der Waals surface area contributed by atoms with E-state index in [1.54, 1.807) is 7.11 Å². The van der Waals surface area contributed by atoms with Gasteiger partial charge in [0.15, 0.2) is 0 Å². The summed E-state index contributed by atoms with van der Waals surface area (Å²) in [6.45, 7) is 1.04. The molecule has 0 aromatic carbocycles. The number of aliphatic hydroxyl groups excluding tert-OH is 1. The third-order valence-corrected chi connectivity index (χ3v) is 2.38. The Bertz CT molecular complexity index is 174. The first-order valence-corrected chi connectivity index (χ1v) is 4.34. The smallest absolute Gasteiger partial charge is 0.146 e. The van der Waals surface area contributed by atoms with Crippen molar-refractivity contribution in [2.75, 3.05) is 27.1 Å². The van der Waals surface area contributed by atoms with Crippen LogP contribution in [0.15, 0.2) is 0 Å². The second-order valence-electron chi connectivity index (χ2n) is 3.27. The van der Waals surface area contributed by atoms with Crippen molar-refractivity contribution in [2.24, 2.45) is 0 Å². The predicted octanol–water partition coefficient (Wildman–Crippen LogP) is -0.866. The Morgan fingerprint density at radius 3 is 2.85 bits per heavy atom. The third-order valence-electron chi connectivity index (χ3n) is 2.38. The average molecular weight is 190 g/mol. The minimum atomic E-state index is -0.513. The van der Waals surface area contributed by atoms with Gasteiger partial charge in [-0.15, -0.1) is 0 Å². The van der Waals surface area contributed by atoms with Gasteiger partial charge in [-0.2, -0.15) is 0 Å². The summed E-state index contributed by atoms with van der Waals surface area (Å²) in [7, 11) is 1.57. The van der Waals surface area contributed by atoms with Crippen LogP contribution in [0.1, 0.15) is 0 Å². The molecular weight excluding hydrogens is 176 g/mol. The fourth-order valence-electron chi connectivity index (χ4n) is 1.74. The van der Waals surface area contributed by atoms with Crippen LogP contribution >= 0.6 is 0 Å². The lowest BCUT2D eigenvalue weighted by Gasteiger charge is -2.15. The van der Waals surface area contributed by atoms with E-state index in [-0.39, 0.29) is 25.1 Å². The van der Waals surface area contributed by atoms with E-state index >= 15 is 0 Å². The topological polar surface area (TPSA) is 57.2 Å². The van der Waals surface area contributed by atoms with E-state index in [4.69, 9.17) is 18.9 Å². The number of methoxy groups -OCH3 is 1. The van der Waals surface area contributed by atoms with Gasteiger partial charge < -0.3 is 24.1 Å². The van der Waals surface area contributed by atoms with E-state index < -0.39 is 6.10 Å². The van der Waals surface area contributed by atoms with Crippen LogP contribution < -0.4 is 0 Å². The van der Waals surface area contributed by atoms with Gasteiger partial charge >= 0.3 is 0 Å². The Balaban J connectivity index is 1.87. The second-order valence-corrected chi connectivity index (χ2v) is 3.27. The molecule has 2 saturated heterocycles. The van der Waals surface area contributed by atoms with Gasteiger partial charge in [0.2, 0.25) is 0 Å². The number of rotatable bonds is 3. The summed E-state index contributed by atoms with van der Waals surface area (Å²) in [6, 6.07) is 0. The molecule has 2 unspecified atom stereocenters. The molecule has 0 radical (unpaired) electrons. The number of hydrogen-bond acceptors (Lipinski definition) is 5. The van der Waals surface area contributed by atoms with Gasteiger partial charge in [0.25, 0.3) is 0 Å². The van der Waals surface area contributed by atoms with Gasteiger partial charge in [-0.1, -0.05) is 0 Å². The lowest BCUT2D eigenvalue weighted by Crippen LogP contribution is -2.33. The summed E-state index contributed by atoms with van der Waals surface area (Å²) < 4.78 is 20.8. The van der Waals surface area contributed by atoms with E-state index in [1.807, 2.05) is 0 Å². The molecule has 0 aromatic heterocycles. The van der Waals surface area contributed by atoms with Gasteiger partial charge in [-0.25, -0.2) is 0 Å². The monoisotopic (exact) mass is 190 g/mol. The Morgan fingerprint density at radius 2 is 2.08 bits per heavy atom. The van der Waals surface area contributed by atoms with Gasteiger partial charge in [0.05, 0.1) is 13.2 Å². The molecule has 0 amide bonds. The lowest BCUT2D eigenvalue weighted by molar-refractivity contribution is -0.106. The Morgan fingerprint density at radius 1 is 1.31 bits per heavy atom. The molecule has 2 aliphatic heterocycles. The fourth-order valence-corrected chi connectivity index (χ4v) is 1.74. The summed E-state index contributed by atoms with van der Waals surface area (Å²) in [4.78, 5) is 0. The van der Waals surface area contributed by atoms with Crippen LogP contribution in [-0.4, -0.2) is 56.6 Å². The highest BCUT2D eigenvalue weighted by molar-refractivity contribution is 4.94. The van der Waals surface area contributed by atoms with Crippen molar-refractivity contribution in [1.29, 1.82) is 0 Å². The number of fused-ring (bicyclic) bond motifs is 1. The van der Waals surface area contributed by atoms with Crippen LogP contribution in [0, 0.1) is 0 Å². The van der Waals surface area contributed by atoms with Gasteiger partial charge in [0, 0.05) is 7.11 Å². The van der Waals surface area contributed by atoms with Gasteiger partial charge in [-0.05, 0) is 0 Å². The molecule has 0 aliphatic carbocycles. The van der Waals surface area contributed by atoms with E-state index in [9.17, 15) is 5.11 Å². The Kier molecular flexibility index (Phi) is 2.80. The molecule has 0 aromatic rings.